The van der Waals surface area contributed by atoms with Crippen LogP contribution in [0.4, 0.5) is 10.1 Å². The monoisotopic (exact) mass is 315 g/mol. The first-order valence-electron chi connectivity index (χ1n) is 7.36. The van der Waals surface area contributed by atoms with E-state index < -0.39 is 0 Å². The second-order valence-electron chi connectivity index (χ2n) is 5.58. The average molecular weight is 315 g/mol. The van der Waals surface area contributed by atoms with Gasteiger partial charge in [0.15, 0.2) is 11.5 Å². The van der Waals surface area contributed by atoms with E-state index >= 15 is 0 Å². The van der Waals surface area contributed by atoms with E-state index in [9.17, 15) is 9.18 Å². The van der Waals surface area contributed by atoms with E-state index in [2.05, 4.69) is 5.32 Å². The highest BCUT2D eigenvalue weighted by Gasteiger charge is 2.30. The highest BCUT2D eigenvalue weighted by molar-refractivity contribution is 5.96. The zero-order chi connectivity index (χ0) is 16.6. The molecular weight excluding hydrogens is 297 g/mol. The summed E-state index contributed by atoms with van der Waals surface area (Å²) in [5.41, 5.74) is 2.54. The molecule has 0 aliphatic carbocycles. The normalized spacial score (nSPS) is 16.5. The molecule has 2 aromatic carbocycles. The summed E-state index contributed by atoms with van der Waals surface area (Å²) in [6.07, 6.45) is 0.197. The number of ether oxygens (including phenoxy) is 2. The van der Waals surface area contributed by atoms with Crippen LogP contribution in [0.15, 0.2) is 30.3 Å². The molecule has 0 fully saturated rings. The van der Waals surface area contributed by atoms with Crippen molar-refractivity contribution in [3.8, 4) is 11.5 Å². The number of hydrogen-bond donors (Lipinski definition) is 1. The molecule has 0 spiro atoms. The molecular formula is C18H18FNO3. The van der Waals surface area contributed by atoms with Gasteiger partial charge in [-0.2, -0.15) is 0 Å². The summed E-state index contributed by atoms with van der Waals surface area (Å²) in [5, 5.41) is 2.82. The number of nitrogens with one attached hydrogen (secondary N) is 1. The van der Waals surface area contributed by atoms with Crippen molar-refractivity contribution in [1.82, 2.24) is 0 Å². The van der Waals surface area contributed by atoms with Crippen LogP contribution in [0.1, 0.15) is 29.0 Å². The lowest BCUT2D eigenvalue weighted by molar-refractivity contribution is -0.116. The second-order valence-corrected chi connectivity index (χ2v) is 5.58. The molecule has 1 atom stereocenters. The number of hydrogen-bond acceptors (Lipinski definition) is 3. The molecule has 0 radical (unpaired) electrons. The van der Waals surface area contributed by atoms with E-state index in [0.717, 1.165) is 5.56 Å². The molecule has 23 heavy (non-hydrogen) atoms. The summed E-state index contributed by atoms with van der Waals surface area (Å²) >= 11 is 0. The SMILES string of the molecule is COc1cc2c(cc1OC)C(c1cccc(C)c1F)CC(=O)N2. The summed E-state index contributed by atoms with van der Waals surface area (Å²) in [6, 6.07) is 8.77. The Kier molecular flexibility index (Phi) is 3.94. The second kappa shape index (κ2) is 5.91. The minimum atomic E-state index is -0.349. The first-order valence-corrected chi connectivity index (χ1v) is 7.36. The first kappa shape index (κ1) is 15.3. The van der Waals surface area contributed by atoms with Crippen molar-refractivity contribution in [2.75, 3.05) is 19.5 Å². The third-order valence-electron chi connectivity index (χ3n) is 4.19. The molecule has 1 aliphatic heterocycles. The highest BCUT2D eigenvalue weighted by atomic mass is 19.1. The quantitative estimate of drug-likeness (QED) is 0.941. The van der Waals surface area contributed by atoms with Crippen molar-refractivity contribution < 1.29 is 18.7 Å². The van der Waals surface area contributed by atoms with Crippen molar-refractivity contribution in [2.24, 2.45) is 0 Å². The summed E-state index contributed by atoms with van der Waals surface area (Å²) in [7, 11) is 3.08. The largest absolute Gasteiger partial charge is 0.493 e. The fourth-order valence-electron chi connectivity index (χ4n) is 3.00. The van der Waals surface area contributed by atoms with Crippen molar-refractivity contribution in [3.05, 3.63) is 52.8 Å². The van der Waals surface area contributed by atoms with E-state index in [1.807, 2.05) is 0 Å². The van der Waals surface area contributed by atoms with Crippen LogP contribution in [0.2, 0.25) is 0 Å². The van der Waals surface area contributed by atoms with E-state index in [-0.39, 0.29) is 24.1 Å². The maximum atomic E-state index is 14.5. The zero-order valence-electron chi connectivity index (χ0n) is 13.3. The molecule has 0 bridgehead atoms. The third-order valence-corrected chi connectivity index (χ3v) is 4.19. The number of aryl methyl sites for hydroxylation is 1. The van der Waals surface area contributed by atoms with Crippen LogP contribution in [0.3, 0.4) is 0 Å². The minimum absolute atomic E-state index is 0.143. The summed E-state index contributed by atoms with van der Waals surface area (Å²) in [4.78, 5) is 12.1. The van der Waals surface area contributed by atoms with E-state index in [0.29, 0.717) is 28.3 Å². The lowest BCUT2D eigenvalue weighted by Crippen LogP contribution is -2.24. The molecule has 1 N–H and O–H groups in total. The van der Waals surface area contributed by atoms with E-state index in [1.54, 1.807) is 44.4 Å². The Morgan fingerprint density at radius 1 is 1.13 bits per heavy atom. The Hall–Kier alpha value is -2.56. The van der Waals surface area contributed by atoms with Gasteiger partial charge in [-0.05, 0) is 29.7 Å². The molecule has 3 rings (SSSR count). The molecule has 0 aromatic heterocycles. The van der Waals surface area contributed by atoms with Crippen LogP contribution in [0.25, 0.3) is 0 Å². The lowest BCUT2D eigenvalue weighted by atomic mass is 9.83. The van der Waals surface area contributed by atoms with Crippen molar-refractivity contribution >= 4 is 11.6 Å². The number of fused-ring (bicyclic) bond motifs is 1. The Morgan fingerprint density at radius 2 is 1.83 bits per heavy atom. The van der Waals surface area contributed by atoms with Crippen LogP contribution in [0.5, 0.6) is 11.5 Å². The molecule has 120 valence electrons. The number of carbonyl (C=O) groups is 1. The molecule has 2 aromatic rings. The summed E-state index contributed by atoms with van der Waals surface area (Å²) in [5.74, 6) is 0.319. The fourth-order valence-corrected chi connectivity index (χ4v) is 3.00. The standard InChI is InChI=1S/C18H18FNO3/c1-10-5-4-6-11(18(10)19)12-8-17(21)20-14-9-16(23-3)15(22-2)7-13(12)14/h4-7,9,12H,8H2,1-3H3,(H,20,21). The van der Waals surface area contributed by atoms with Gasteiger partial charge in [0.2, 0.25) is 5.91 Å². The highest BCUT2D eigenvalue weighted by Crippen LogP contribution is 2.43. The molecule has 1 aliphatic rings. The van der Waals surface area contributed by atoms with Gasteiger partial charge in [-0.3, -0.25) is 4.79 Å². The van der Waals surface area contributed by atoms with Crippen molar-refractivity contribution in [3.63, 3.8) is 0 Å². The van der Waals surface area contributed by atoms with E-state index in [4.69, 9.17) is 9.47 Å². The maximum absolute atomic E-state index is 14.5. The maximum Gasteiger partial charge on any atom is 0.225 e. The third kappa shape index (κ3) is 2.63. The van der Waals surface area contributed by atoms with E-state index in [1.165, 1.54) is 7.11 Å². The van der Waals surface area contributed by atoms with Crippen LogP contribution in [-0.4, -0.2) is 20.1 Å². The minimum Gasteiger partial charge on any atom is -0.493 e. The number of amides is 1. The smallest absolute Gasteiger partial charge is 0.225 e. The first-order chi connectivity index (χ1) is 11.0. The Balaban J connectivity index is 2.18. The molecule has 0 saturated carbocycles. The van der Waals surface area contributed by atoms with Crippen LogP contribution >= 0.6 is 0 Å². The van der Waals surface area contributed by atoms with Gasteiger partial charge in [0.05, 0.1) is 14.2 Å². The van der Waals surface area contributed by atoms with Gasteiger partial charge in [0.25, 0.3) is 0 Å². The Morgan fingerprint density at radius 3 is 2.52 bits per heavy atom. The lowest BCUT2D eigenvalue weighted by Gasteiger charge is -2.27. The molecule has 5 heteroatoms. The van der Waals surface area contributed by atoms with Crippen molar-refractivity contribution in [1.29, 1.82) is 0 Å². The summed E-state index contributed by atoms with van der Waals surface area (Å²) in [6.45, 7) is 1.72. The number of benzene rings is 2. The summed E-state index contributed by atoms with van der Waals surface area (Å²) < 4.78 is 25.2. The fraction of sp³-hybridized carbons (Fsp3) is 0.278. The predicted octanol–water partition coefficient (Wildman–Crippen LogP) is 3.63. The number of methoxy groups -OCH3 is 2. The molecule has 1 amide bonds. The predicted molar refractivity (Wildman–Crippen MR) is 85.8 cm³/mol. The van der Waals surface area contributed by atoms with Crippen LogP contribution < -0.4 is 14.8 Å². The number of anilines is 1. The van der Waals surface area contributed by atoms with Gasteiger partial charge < -0.3 is 14.8 Å². The van der Waals surface area contributed by atoms with Gasteiger partial charge >= 0.3 is 0 Å². The zero-order valence-corrected chi connectivity index (χ0v) is 13.3. The van der Waals surface area contributed by atoms with Gasteiger partial charge in [-0.25, -0.2) is 4.39 Å². The van der Waals surface area contributed by atoms with Crippen molar-refractivity contribution in [2.45, 2.75) is 19.3 Å². The topological polar surface area (TPSA) is 47.6 Å². The molecule has 4 nitrogen and oxygen atoms in total. The Labute approximate surface area is 134 Å². The number of halogens is 1. The van der Waals surface area contributed by atoms with Crippen LogP contribution in [-0.2, 0) is 4.79 Å². The molecule has 1 unspecified atom stereocenters. The van der Waals surface area contributed by atoms with Crippen LogP contribution in [0, 0.1) is 12.7 Å². The number of rotatable bonds is 3. The Bertz CT molecular complexity index is 773. The van der Waals surface area contributed by atoms with Gasteiger partial charge in [0, 0.05) is 24.1 Å². The number of carbonyl (C=O) groups excluding carboxylic acids is 1. The van der Waals surface area contributed by atoms with Gasteiger partial charge in [-0.15, -0.1) is 0 Å². The van der Waals surface area contributed by atoms with Gasteiger partial charge in [0.1, 0.15) is 5.82 Å². The molecule has 0 saturated heterocycles. The average Bonchev–Trinajstić information content (AvgIpc) is 2.55. The van der Waals surface area contributed by atoms with Gasteiger partial charge in [-0.1, -0.05) is 18.2 Å². The molecule has 1 heterocycles.